The van der Waals surface area contributed by atoms with Crippen molar-refractivity contribution in [3.63, 3.8) is 0 Å². The molecule has 1 N–H and O–H groups in total. The molecule has 0 bridgehead atoms. The van der Waals surface area contributed by atoms with Crippen LogP contribution in [0.5, 0.6) is 0 Å². The van der Waals surface area contributed by atoms with Crippen molar-refractivity contribution in [2.45, 2.75) is 50.7 Å². The Labute approximate surface area is 114 Å². The molecule has 0 saturated heterocycles. The third-order valence-corrected chi connectivity index (χ3v) is 4.59. The Balaban J connectivity index is 1.81. The topological polar surface area (TPSA) is 37.8 Å². The number of aromatic nitrogens is 2. The van der Waals surface area contributed by atoms with E-state index in [9.17, 15) is 0 Å². The van der Waals surface area contributed by atoms with E-state index in [0.29, 0.717) is 0 Å². The summed E-state index contributed by atoms with van der Waals surface area (Å²) in [7, 11) is 2.09. The minimum absolute atomic E-state index is 0.728. The number of hydrogen-bond donors (Lipinski definition) is 1. The van der Waals surface area contributed by atoms with Crippen LogP contribution < -0.4 is 5.32 Å². The van der Waals surface area contributed by atoms with Gasteiger partial charge in [0.25, 0.3) is 0 Å². The quantitative estimate of drug-likeness (QED) is 0.656. The predicted octanol–water partition coefficient (Wildman–Crippen LogP) is 2.96. The van der Waals surface area contributed by atoms with Crippen LogP contribution in [0.3, 0.4) is 0 Å². The summed E-state index contributed by atoms with van der Waals surface area (Å²) < 4.78 is 0. The molecule has 1 aromatic rings. The van der Waals surface area contributed by atoms with Gasteiger partial charge in [-0.1, -0.05) is 18.2 Å². The van der Waals surface area contributed by atoms with Gasteiger partial charge in [0.05, 0.1) is 0 Å². The van der Waals surface area contributed by atoms with Gasteiger partial charge in [0.1, 0.15) is 0 Å². The lowest BCUT2D eigenvalue weighted by molar-refractivity contribution is 0.417. The molecule has 0 aliphatic heterocycles. The van der Waals surface area contributed by atoms with Crippen LogP contribution in [0.2, 0.25) is 0 Å². The van der Waals surface area contributed by atoms with E-state index in [2.05, 4.69) is 22.3 Å². The van der Waals surface area contributed by atoms with E-state index in [1.54, 1.807) is 11.8 Å². The van der Waals surface area contributed by atoms with Crippen LogP contribution in [-0.2, 0) is 0 Å². The zero-order valence-electron chi connectivity index (χ0n) is 11.6. The second kappa shape index (κ2) is 6.53. The molecule has 0 spiro atoms. The molecule has 2 rings (SSSR count). The average molecular weight is 265 g/mol. The first-order valence-electron chi connectivity index (χ1n) is 6.81. The Bertz CT molecular complexity index is 374. The van der Waals surface area contributed by atoms with Gasteiger partial charge in [-0.15, -0.1) is 0 Å². The van der Waals surface area contributed by atoms with Gasteiger partial charge in [0.15, 0.2) is 5.16 Å². The van der Waals surface area contributed by atoms with Crippen molar-refractivity contribution in [2.75, 3.05) is 12.8 Å². The zero-order valence-corrected chi connectivity index (χ0v) is 12.4. The Kier molecular flexibility index (Phi) is 5.01. The molecule has 0 aromatic carbocycles. The maximum absolute atomic E-state index is 4.47. The minimum Gasteiger partial charge on any atom is -0.317 e. The largest absolute Gasteiger partial charge is 0.317 e. The Morgan fingerprint density at radius 2 is 2.00 bits per heavy atom. The van der Waals surface area contributed by atoms with Gasteiger partial charge in [-0.05, 0) is 52.1 Å². The summed E-state index contributed by atoms with van der Waals surface area (Å²) in [6.07, 6.45) is 5.36. The highest BCUT2D eigenvalue weighted by Crippen LogP contribution is 2.30. The van der Waals surface area contributed by atoms with Crippen molar-refractivity contribution in [3.05, 3.63) is 17.5 Å². The zero-order chi connectivity index (χ0) is 13.0. The molecule has 1 aliphatic rings. The first kappa shape index (κ1) is 13.8. The summed E-state index contributed by atoms with van der Waals surface area (Å²) in [5, 5.41) is 4.38. The van der Waals surface area contributed by atoms with Crippen molar-refractivity contribution in [3.8, 4) is 0 Å². The van der Waals surface area contributed by atoms with Crippen molar-refractivity contribution in [1.82, 2.24) is 15.3 Å². The van der Waals surface area contributed by atoms with Crippen LogP contribution in [0.1, 0.15) is 37.1 Å². The van der Waals surface area contributed by atoms with E-state index >= 15 is 0 Å². The van der Waals surface area contributed by atoms with E-state index in [0.717, 1.165) is 34.3 Å². The van der Waals surface area contributed by atoms with Gasteiger partial charge >= 0.3 is 0 Å². The minimum atomic E-state index is 0.728. The molecule has 2 atom stereocenters. The molecule has 18 heavy (non-hydrogen) atoms. The predicted molar refractivity (Wildman–Crippen MR) is 77.0 cm³/mol. The molecule has 1 fully saturated rings. The van der Waals surface area contributed by atoms with E-state index < -0.39 is 0 Å². The number of nitrogens with zero attached hydrogens (tertiary/aromatic N) is 2. The summed E-state index contributed by atoms with van der Waals surface area (Å²) in [4.78, 5) is 8.95. The number of hydrogen-bond acceptors (Lipinski definition) is 4. The van der Waals surface area contributed by atoms with E-state index in [1.807, 2.05) is 19.9 Å². The van der Waals surface area contributed by atoms with Crippen LogP contribution in [0.25, 0.3) is 0 Å². The second-order valence-corrected chi connectivity index (χ2v) is 6.22. The smallest absolute Gasteiger partial charge is 0.187 e. The summed E-state index contributed by atoms with van der Waals surface area (Å²) in [5.74, 6) is 1.97. The van der Waals surface area contributed by atoms with Crippen LogP contribution >= 0.6 is 11.8 Å². The van der Waals surface area contributed by atoms with Crippen molar-refractivity contribution < 1.29 is 0 Å². The van der Waals surface area contributed by atoms with Crippen molar-refractivity contribution in [2.24, 2.45) is 5.92 Å². The third kappa shape index (κ3) is 3.69. The molecule has 1 saturated carbocycles. The van der Waals surface area contributed by atoms with E-state index in [4.69, 9.17) is 0 Å². The van der Waals surface area contributed by atoms with Crippen LogP contribution in [0, 0.1) is 19.8 Å². The summed E-state index contributed by atoms with van der Waals surface area (Å²) >= 11 is 1.80. The van der Waals surface area contributed by atoms with Gasteiger partial charge in [0.2, 0.25) is 0 Å². The van der Waals surface area contributed by atoms with E-state index in [-0.39, 0.29) is 0 Å². The average Bonchev–Trinajstić information content (AvgIpc) is 2.75. The lowest BCUT2D eigenvalue weighted by Gasteiger charge is -2.18. The molecule has 2 unspecified atom stereocenters. The van der Waals surface area contributed by atoms with Crippen LogP contribution in [-0.4, -0.2) is 28.8 Å². The van der Waals surface area contributed by atoms with Gasteiger partial charge in [-0.25, -0.2) is 9.97 Å². The van der Waals surface area contributed by atoms with Crippen LogP contribution in [0.15, 0.2) is 11.2 Å². The second-order valence-electron chi connectivity index (χ2n) is 5.16. The third-order valence-electron chi connectivity index (χ3n) is 3.71. The Morgan fingerprint density at radius 1 is 1.28 bits per heavy atom. The molecular formula is C14H23N3S. The lowest BCUT2D eigenvalue weighted by atomic mass is 10.0. The van der Waals surface area contributed by atoms with Gasteiger partial charge in [0, 0.05) is 23.2 Å². The molecule has 4 heteroatoms. The highest BCUT2D eigenvalue weighted by molar-refractivity contribution is 7.99. The molecule has 1 heterocycles. The summed E-state index contributed by atoms with van der Waals surface area (Å²) in [6.45, 7) is 4.07. The number of rotatable bonds is 5. The van der Waals surface area contributed by atoms with Gasteiger partial charge in [-0.2, -0.15) is 0 Å². The fourth-order valence-electron chi connectivity index (χ4n) is 2.82. The Hall–Kier alpha value is -0.610. The molecule has 0 amide bonds. The number of aryl methyl sites for hydroxylation is 2. The van der Waals surface area contributed by atoms with Crippen molar-refractivity contribution in [1.29, 1.82) is 0 Å². The first-order chi connectivity index (χ1) is 8.69. The molecule has 0 radical (unpaired) electrons. The molecule has 100 valence electrons. The monoisotopic (exact) mass is 265 g/mol. The number of nitrogens with one attached hydrogen (secondary N) is 1. The van der Waals surface area contributed by atoms with Gasteiger partial charge < -0.3 is 5.32 Å². The normalized spacial score (nSPS) is 23.5. The van der Waals surface area contributed by atoms with Gasteiger partial charge in [-0.3, -0.25) is 0 Å². The molecule has 1 aromatic heterocycles. The summed E-state index contributed by atoms with van der Waals surface area (Å²) in [5.41, 5.74) is 2.14. The standard InChI is InChI=1S/C14H23N3S/c1-10-9-11(2)17-14(16-10)18-8-7-12-5-4-6-13(12)15-3/h9,12-13,15H,4-8H2,1-3H3. The fraction of sp³-hybridized carbons (Fsp3) is 0.714. The van der Waals surface area contributed by atoms with E-state index in [1.165, 1.54) is 25.7 Å². The van der Waals surface area contributed by atoms with Crippen molar-refractivity contribution >= 4 is 11.8 Å². The highest BCUT2D eigenvalue weighted by Gasteiger charge is 2.25. The molecular weight excluding hydrogens is 242 g/mol. The Morgan fingerprint density at radius 3 is 2.67 bits per heavy atom. The number of thioether (sulfide) groups is 1. The SMILES string of the molecule is CNC1CCCC1CCSc1nc(C)cc(C)n1. The summed E-state index contributed by atoms with van der Waals surface area (Å²) in [6, 6.07) is 2.75. The fourth-order valence-corrected chi connectivity index (χ4v) is 3.84. The molecule has 3 nitrogen and oxygen atoms in total. The first-order valence-corrected chi connectivity index (χ1v) is 7.80. The molecule has 1 aliphatic carbocycles. The lowest BCUT2D eigenvalue weighted by Crippen LogP contribution is -2.29. The highest BCUT2D eigenvalue weighted by atomic mass is 32.2. The maximum Gasteiger partial charge on any atom is 0.187 e. The maximum atomic E-state index is 4.47. The van der Waals surface area contributed by atoms with Crippen LogP contribution in [0.4, 0.5) is 0 Å².